The summed E-state index contributed by atoms with van der Waals surface area (Å²) in [5, 5.41) is 1.98. The van der Waals surface area contributed by atoms with Gasteiger partial charge in [0.15, 0.2) is 17.5 Å². The molecule has 2 aromatic rings. The Morgan fingerprint density at radius 3 is 2.32 bits per heavy atom. The third-order valence-corrected chi connectivity index (χ3v) is 2.23. The second kappa shape index (κ2) is 5.43. The van der Waals surface area contributed by atoms with Crippen molar-refractivity contribution in [1.82, 2.24) is 0 Å². The molecule has 6 heteroatoms. The maximum absolute atomic E-state index is 13.3. The Bertz CT molecular complexity index is 602. The minimum absolute atomic E-state index is 0.239. The van der Waals surface area contributed by atoms with Gasteiger partial charge in [-0.2, -0.15) is 0 Å². The van der Waals surface area contributed by atoms with Crippen LogP contribution in [0.4, 0.5) is 23.7 Å². The summed E-state index contributed by atoms with van der Waals surface area (Å²) >= 11 is 0. The zero-order chi connectivity index (χ0) is 13.8. The van der Waals surface area contributed by atoms with Crippen LogP contribution in [0.5, 0.6) is 5.75 Å². The Hall–Kier alpha value is -2.50. The number of amides is 1. The summed E-state index contributed by atoms with van der Waals surface area (Å²) in [7, 11) is 0. The molecule has 0 radical (unpaired) electrons. The lowest BCUT2D eigenvalue weighted by atomic mass is 10.3. The molecule has 98 valence electrons. The van der Waals surface area contributed by atoms with Gasteiger partial charge in [0.1, 0.15) is 5.75 Å². The van der Waals surface area contributed by atoms with E-state index in [0.717, 1.165) is 6.07 Å². The lowest BCUT2D eigenvalue weighted by Crippen LogP contribution is -2.18. The van der Waals surface area contributed by atoms with Gasteiger partial charge in [-0.3, -0.25) is 5.32 Å². The number of hydrogen-bond acceptors (Lipinski definition) is 2. The molecule has 0 atom stereocenters. The minimum atomic E-state index is -1.66. The summed E-state index contributed by atoms with van der Waals surface area (Å²) in [5.74, 6) is -4.23. The van der Waals surface area contributed by atoms with Crippen molar-refractivity contribution >= 4 is 11.8 Å². The SMILES string of the molecule is O=C(Nc1ccc(F)c(F)c1F)Oc1ccccc1. The predicted molar refractivity (Wildman–Crippen MR) is 62.4 cm³/mol. The number of halogens is 3. The number of carbonyl (C=O) groups is 1. The van der Waals surface area contributed by atoms with Crippen molar-refractivity contribution < 1.29 is 22.7 Å². The molecule has 1 N–H and O–H groups in total. The lowest BCUT2D eigenvalue weighted by Gasteiger charge is -2.07. The van der Waals surface area contributed by atoms with E-state index in [-0.39, 0.29) is 5.75 Å². The van der Waals surface area contributed by atoms with Crippen molar-refractivity contribution in [3.05, 3.63) is 59.9 Å². The molecule has 3 nitrogen and oxygen atoms in total. The van der Waals surface area contributed by atoms with Crippen LogP contribution >= 0.6 is 0 Å². The number of ether oxygens (including phenoxy) is 1. The average Bonchev–Trinajstić information content (AvgIpc) is 2.41. The third kappa shape index (κ3) is 3.04. The van der Waals surface area contributed by atoms with E-state index >= 15 is 0 Å². The van der Waals surface area contributed by atoms with Crippen molar-refractivity contribution in [2.45, 2.75) is 0 Å². The van der Waals surface area contributed by atoms with Gasteiger partial charge < -0.3 is 4.74 Å². The minimum Gasteiger partial charge on any atom is -0.410 e. The van der Waals surface area contributed by atoms with E-state index < -0.39 is 29.2 Å². The molecule has 2 rings (SSSR count). The Balaban J connectivity index is 2.10. The van der Waals surface area contributed by atoms with E-state index in [1.807, 2.05) is 5.32 Å². The first-order valence-electron chi connectivity index (χ1n) is 5.25. The average molecular weight is 267 g/mol. The summed E-state index contributed by atoms with van der Waals surface area (Å²) in [6.07, 6.45) is -1.00. The van der Waals surface area contributed by atoms with Crippen LogP contribution in [-0.4, -0.2) is 6.09 Å². The molecular formula is C13H8F3NO2. The molecule has 0 saturated carbocycles. The molecule has 2 aromatic carbocycles. The Morgan fingerprint density at radius 1 is 0.947 bits per heavy atom. The first-order valence-corrected chi connectivity index (χ1v) is 5.25. The van der Waals surface area contributed by atoms with Crippen molar-refractivity contribution in [2.24, 2.45) is 0 Å². The van der Waals surface area contributed by atoms with Crippen molar-refractivity contribution in [3.63, 3.8) is 0 Å². The van der Waals surface area contributed by atoms with Crippen LogP contribution < -0.4 is 10.1 Å². The Labute approximate surface area is 106 Å². The quantitative estimate of drug-likeness (QED) is 0.842. The Morgan fingerprint density at radius 2 is 1.63 bits per heavy atom. The van der Waals surface area contributed by atoms with Gasteiger partial charge in [-0.15, -0.1) is 0 Å². The van der Waals surface area contributed by atoms with E-state index in [4.69, 9.17) is 4.74 Å². The number of nitrogens with one attached hydrogen (secondary N) is 1. The maximum atomic E-state index is 13.3. The highest BCUT2D eigenvalue weighted by Crippen LogP contribution is 2.20. The highest BCUT2D eigenvalue weighted by atomic mass is 19.2. The highest BCUT2D eigenvalue weighted by Gasteiger charge is 2.15. The molecular weight excluding hydrogens is 259 g/mol. The second-order valence-electron chi connectivity index (χ2n) is 3.55. The summed E-state index contributed by atoms with van der Waals surface area (Å²) in [5.41, 5.74) is -0.500. The fraction of sp³-hybridized carbons (Fsp3) is 0. The molecule has 0 spiro atoms. The van der Waals surface area contributed by atoms with Crippen LogP contribution in [0, 0.1) is 17.5 Å². The van der Waals surface area contributed by atoms with Crippen LogP contribution in [0.1, 0.15) is 0 Å². The Kier molecular flexibility index (Phi) is 3.70. The summed E-state index contributed by atoms with van der Waals surface area (Å²) in [4.78, 5) is 11.4. The van der Waals surface area contributed by atoms with E-state index in [0.29, 0.717) is 6.07 Å². The zero-order valence-corrected chi connectivity index (χ0v) is 9.49. The van der Waals surface area contributed by atoms with Crippen molar-refractivity contribution in [1.29, 1.82) is 0 Å². The van der Waals surface area contributed by atoms with Gasteiger partial charge >= 0.3 is 6.09 Å². The molecule has 0 saturated heterocycles. The van der Waals surface area contributed by atoms with Crippen LogP contribution in [0.2, 0.25) is 0 Å². The number of para-hydroxylation sites is 1. The fourth-order valence-corrected chi connectivity index (χ4v) is 1.35. The largest absolute Gasteiger partial charge is 0.417 e. The molecule has 19 heavy (non-hydrogen) atoms. The standard InChI is InChI=1S/C13H8F3NO2/c14-9-6-7-10(12(16)11(9)15)17-13(18)19-8-4-2-1-3-5-8/h1-7H,(H,17,18). The maximum Gasteiger partial charge on any atom is 0.417 e. The molecule has 0 heterocycles. The molecule has 0 aliphatic heterocycles. The number of benzene rings is 2. The molecule has 0 bridgehead atoms. The monoisotopic (exact) mass is 267 g/mol. The third-order valence-electron chi connectivity index (χ3n) is 2.23. The predicted octanol–water partition coefficient (Wildman–Crippen LogP) is 3.71. The van der Waals surface area contributed by atoms with Gasteiger partial charge in [0.2, 0.25) is 0 Å². The van der Waals surface area contributed by atoms with Gasteiger partial charge in [0.25, 0.3) is 0 Å². The van der Waals surface area contributed by atoms with E-state index in [2.05, 4.69) is 0 Å². The van der Waals surface area contributed by atoms with Gasteiger partial charge in [-0.05, 0) is 24.3 Å². The zero-order valence-electron chi connectivity index (χ0n) is 9.49. The van der Waals surface area contributed by atoms with Crippen LogP contribution in [0.25, 0.3) is 0 Å². The van der Waals surface area contributed by atoms with E-state index in [1.165, 1.54) is 12.1 Å². The number of anilines is 1. The fourth-order valence-electron chi connectivity index (χ4n) is 1.35. The van der Waals surface area contributed by atoms with Crippen LogP contribution in [0.15, 0.2) is 42.5 Å². The van der Waals surface area contributed by atoms with Gasteiger partial charge in [0.05, 0.1) is 5.69 Å². The van der Waals surface area contributed by atoms with Crippen molar-refractivity contribution in [2.75, 3.05) is 5.32 Å². The van der Waals surface area contributed by atoms with E-state index in [1.54, 1.807) is 18.2 Å². The number of hydrogen-bond donors (Lipinski definition) is 1. The number of rotatable bonds is 2. The second-order valence-corrected chi connectivity index (χ2v) is 3.55. The molecule has 1 amide bonds. The topological polar surface area (TPSA) is 38.3 Å². The normalized spacial score (nSPS) is 10.1. The molecule has 0 fully saturated rings. The first-order chi connectivity index (χ1) is 9.08. The number of carbonyl (C=O) groups excluding carboxylic acids is 1. The van der Waals surface area contributed by atoms with E-state index in [9.17, 15) is 18.0 Å². The molecule has 0 unspecified atom stereocenters. The molecule has 0 aromatic heterocycles. The highest BCUT2D eigenvalue weighted by molar-refractivity contribution is 5.86. The molecule has 0 aliphatic rings. The summed E-state index contributed by atoms with van der Waals surface area (Å²) < 4.78 is 43.7. The van der Waals surface area contributed by atoms with Gasteiger partial charge in [0, 0.05) is 0 Å². The van der Waals surface area contributed by atoms with Crippen LogP contribution in [0.3, 0.4) is 0 Å². The van der Waals surface area contributed by atoms with Crippen molar-refractivity contribution in [3.8, 4) is 5.75 Å². The molecule has 0 aliphatic carbocycles. The van der Waals surface area contributed by atoms with Gasteiger partial charge in [-0.1, -0.05) is 18.2 Å². The summed E-state index contributed by atoms with van der Waals surface area (Å²) in [6.45, 7) is 0. The first kappa shape index (κ1) is 12.9. The lowest BCUT2D eigenvalue weighted by molar-refractivity contribution is 0.215. The smallest absolute Gasteiger partial charge is 0.410 e. The van der Waals surface area contributed by atoms with Crippen LogP contribution in [-0.2, 0) is 0 Å². The van der Waals surface area contributed by atoms with Gasteiger partial charge in [-0.25, -0.2) is 18.0 Å². The summed E-state index contributed by atoms with van der Waals surface area (Å²) in [6, 6.07) is 9.64.